The SMILES string of the molecule is COc1ccccc1NC(=O)CN1C(=O)N/C(=C/c2ccc(OC)c([N+](=O)[O-])c2)C1=O. The first-order chi connectivity index (χ1) is 14.8. The molecule has 2 N–H and O–H groups in total. The second kappa shape index (κ2) is 8.95. The number of nitrogens with one attached hydrogen (secondary N) is 2. The van der Waals surface area contributed by atoms with E-state index in [1.54, 1.807) is 24.3 Å². The number of amides is 4. The monoisotopic (exact) mass is 426 g/mol. The average Bonchev–Trinajstić information content (AvgIpc) is 3.01. The number of methoxy groups -OCH3 is 2. The zero-order valence-electron chi connectivity index (χ0n) is 16.6. The Morgan fingerprint density at radius 1 is 1.16 bits per heavy atom. The molecule has 0 aliphatic carbocycles. The van der Waals surface area contributed by atoms with Crippen LogP contribution >= 0.6 is 0 Å². The smallest absolute Gasteiger partial charge is 0.329 e. The van der Waals surface area contributed by atoms with E-state index in [4.69, 9.17) is 9.47 Å². The number of rotatable bonds is 7. The predicted molar refractivity (Wildman–Crippen MR) is 109 cm³/mol. The number of hydrogen-bond donors (Lipinski definition) is 2. The summed E-state index contributed by atoms with van der Waals surface area (Å²) < 4.78 is 10.1. The molecule has 0 atom stereocenters. The zero-order chi connectivity index (χ0) is 22.5. The van der Waals surface area contributed by atoms with Gasteiger partial charge < -0.3 is 20.1 Å². The summed E-state index contributed by atoms with van der Waals surface area (Å²) in [6, 6.07) is 9.99. The average molecular weight is 426 g/mol. The Hall–Kier alpha value is -4.41. The molecule has 31 heavy (non-hydrogen) atoms. The fraction of sp³-hybridized carbons (Fsp3) is 0.150. The van der Waals surface area contributed by atoms with Gasteiger partial charge in [-0.15, -0.1) is 0 Å². The van der Waals surface area contributed by atoms with E-state index in [1.165, 1.54) is 38.5 Å². The van der Waals surface area contributed by atoms with Crippen molar-refractivity contribution in [3.63, 3.8) is 0 Å². The molecule has 1 heterocycles. The van der Waals surface area contributed by atoms with Crippen molar-refractivity contribution < 1.29 is 28.8 Å². The van der Waals surface area contributed by atoms with Gasteiger partial charge in [-0.1, -0.05) is 18.2 Å². The molecular weight excluding hydrogens is 408 g/mol. The maximum absolute atomic E-state index is 12.6. The molecule has 1 fully saturated rings. The Labute approximate surface area is 176 Å². The highest BCUT2D eigenvalue weighted by molar-refractivity contribution is 6.16. The normalized spacial score (nSPS) is 14.4. The maximum atomic E-state index is 12.6. The standard InChI is InChI=1S/C20H18N4O7/c1-30-16-6-4-3-5-13(16)21-18(25)11-23-19(26)14(22-20(23)27)9-12-7-8-17(31-2)15(10-12)24(28)29/h3-10H,11H2,1-2H3,(H,21,25)(H,22,27)/b14-9+. The van der Waals surface area contributed by atoms with Crippen LogP contribution in [0.4, 0.5) is 16.2 Å². The van der Waals surface area contributed by atoms with Gasteiger partial charge in [0.15, 0.2) is 5.75 Å². The van der Waals surface area contributed by atoms with Crippen LogP contribution in [-0.4, -0.2) is 48.4 Å². The van der Waals surface area contributed by atoms with Crippen LogP contribution in [0.25, 0.3) is 6.08 Å². The fourth-order valence-corrected chi connectivity index (χ4v) is 2.90. The number of anilines is 1. The largest absolute Gasteiger partial charge is 0.495 e. The molecule has 11 nitrogen and oxygen atoms in total. The minimum absolute atomic E-state index is 0.0589. The molecule has 3 rings (SSSR count). The van der Waals surface area contributed by atoms with Crippen LogP contribution in [0.1, 0.15) is 5.56 Å². The molecule has 11 heteroatoms. The molecule has 0 aromatic heterocycles. The van der Waals surface area contributed by atoms with E-state index in [2.05, 4.69) is 10.6 Å². The summed E-state index contributed by atoms with van der Waals surface area (Å²) in [7, 11) is 2.75. The number of benzene rings is 2. The van der Waals surface area contributed by atoms with Crippen LogP contribution in [-0.2, 0) is 9.59 Å². The lowest BCUT2D eigenvalue weighted by Gasteiger charge is -2.13. The molecule has 160 valence electrons. The lowest BCUT2D eigenvalue weighted by molar-refractivity contribution is -0.385. The maximum Gasteiger partial charge on any atom is 0.329 e. The topological polar surface area (TPSA) is 140 Å². The lowest BCUT2D eigenvalue weighted by Crippen LogP contribution is -2.38. The third kappa shape index (κ3) is 4.61. The van der Waals surface area contributed by atoms with E-state index < -0.39 is 29.3 Å². The highest BCUT2D eigenvalue weighted by Crippen LogP contribution is 2.29. The molecule has 0 saturated carbocycles. The summed E-state index contributed by atoms with van der Waals surface area (Å²) in [6.45, 7) is -0.525. The van der Waals surface area contributed by atoms with Gasteiger partial charge in [0.1, 0.15) is 18.0 Å². The molecule has 2 aromatic carbocycles. The van der Waals surface area contributed by atoms with Crippen molar-refractivity contribution in [3.8, 4) is 11.5 Å². The third-order valence-electron chi connectivity index (χ3n) is 4.36. The quantitative estimate of drug-likeness (QED) is 0.299. The number of imide groups is 1. The molecule has 4 amide bonds. The second-order valence-corrected chi connectivity index (χ2v) is 6.32. The van der Waals surface area contributed by atoms with Crippen molar-refractivity contribution in [2.24, 2.45) is 0 Å². The minimum Gasteiger partial charge on any atom is -0.495 e. The Bertz CT molecular complexity index is 1100. The number of hydrogen-bond acceptors (Lipinski definition) is 7. The van der Waals surface area contributed by atoms with E-state index in [0.29, 0.717) is 17.0 Å². The molecule has 0 spiro atoms. The molecule has 2 aromatic rings. The Morgan fingerprint density at radius 2 is 1.87 bits per heavy atom. The van der Waals surface area contributed by atoms with Crippen molar-refractivity contribution in [3.05, 3.63) is 63.8 Å². The van der Waals surface area contributed by atoms with Gasteiger partial charge in [-0.25, -0.2) is 9.69 Å². The van der Waals surface area contributed by atoms with Gasteiger partial charge in [0, 0.05) is 6.07 Å². The Morgan fingerprint density at radius 3 is 2.55 bits per heavy atom. The van der Waals surface area contributed by atoms with Crippen LogP contribution in [0.5, 0.6) is 11.5 Å². The number of ether oxygens (including phenoxy) is 2. The highest BCUT2D eigenvalue weighted by Gasteiger charge is 2.35. The predicted octanol–water partition coefficient (Wildman–Crippen LogP) is 2.14. The summed E-state index contributed by atoms with van der Waals surface area (Å²) in [4.78, 5) is 48.4. The van der Waals surface area contributed by atoms with Crippen LogP contribution in [0.15, 0.2) is 48.2 Å². The van der Waals surface area contributed by atoms with Gasteiger partial charge in [0.25, 0.3) is 5.91 Å². The van der Waals surface area contributed by atoms with E-state index in [9.17, 15) is 24.5 Å². The third-order valence-corrected chi connectivity index (χ3v) is 4.36. The van der Waals surface area contributed by atoms with E-state index >= 15 is 0 Å². The van der Waals surface area contributed by atoms with Crippen molar-refractivity contribution in [2.45, 2.75) is 0 Å². The zero-order valence-corrected chi connectivity index (χ0v) is 16.6. The number of nitro benzene ring substituents is 1. The van der Waals surface area contributed by atoms with Crippen molar-refractivity contribution in [1.82, 2.24) is 10.2 Å². The van der Waals surface area contributed by atoms with Crippen molar-refractivity contribution >= 4 is 35.3 Å². The van der Waals surface area contributed by atoms with Gasteiger partial charge in [-0.05, 0) is 29.8 Å². The number of carbonyl (C=O) groups excluding carboxylic acids is 3. The first-order valence-corrected chi connectivity index (χ1v) is 8.94. The van der Waals surface area contributed by atoms with Gasteiger partial charge >= 0.3 is 11.7 Å². The van der Waals surface area contributed by atoms with E-state index in [1.807, 2.05) is 0 Å². The van der Waals surface area contributed by atoms with Crippen LogP contribution < -0.4 is 20.1 Å². The summed E-state index contributed by atoms with van der Waals surface area (Å²) in [6.07, 6.45) is 1.28. The molecule has 0 radical (unpaired) electrons. The highest BCUT2D eigenvalue weighted by atomic mass is 16.6. The summed E-state index contributed by atoms with van der Waals surface area (Å²) in [5, 5.41) is 16.1. The number of carbonyl (C=O) groups is 3. The van der Waals surface area contributed by atoms with E-state index in [0.717, 1.165) is 4.90 Å². The number of urea groups is 1. The molecule has 1 saturated heterocycles. The summed E-state index contributed by atoms with van der Waals surface area (Å²) >= 11 is 0. The summed E-state index contributed by atoms with van der Waals surface area (Å²) in [5.41, 5.74) is 0.288. The van der Waals surface area contributed by atoms with Crippen LogP contribution in [0.3, 0.4) is 0 Å². The number of nitrogens with zero attached hydrogens (tertiary/aromatic N) is 2. The molecule has 1 aliphatic rings. The first-order valence-electron chi connectivity index (χ1n) is 8.94. The van der Waals surface area contributed by atoms with Gasteiger partial charge in [-0.3, -0.25) is 19.7 Å². The van der Waals surface area contributed by atoms with Crippen LogP contribution in [0, 0.1) is 10.1 Å². The lowest BCUT2D eigenvalue weighted by atomic mass is 10.1. The number of para-hydroxylation sites is 2. The van der Waals surface area contributed by atoms with Gasteiger partial charge in [0.05, 0.1) is 24.8 Å². The molecular formula is C20H18N4O7. The van der Waals surface area contributed by atoms with E-state index in [-0.39, 0.29) is 17.1 Å². The van der Waals surface area contributed by atoms with Crippen LogP contribution in [0.2, 0.25) is 0 Å². The fourth-order valence-electron chi connectivity index (χ4n) is 2.90. The van der Waals surface area contributed by atoms with Crippen molar-refractivity contribution in [1.29, 1.82) is 0 Å². The Kier molecular flexibility index (Phi) is 6.15. The van der Waals surface area contributed by atoms with Crippen molar-refractivity contribution in [2.75, 3.05) is 26.1 Å². The summed E-state index contributed by atoms with van der Waals surface area (Å²) in [5.74, 6) is -0.855. The second-order valence-electron chi connectivity index (χ2n) is 6.32. The van der Waals surface area contributed by atoms with Gasteiger partial charge in [-0.2, -0.15) is 0 Å². The minimum atomic E-state index is -0.783. The molecule has 0 bridgehead atoms. The molecule has 1 aliphatic heterocycles. The number of nitro groups is 1. The molecule has 0 unspecified atom stereocenters. The Balaban J connectivity index is 1.75. The van der Waals surface area contributed by atoms with Gasteiger partial charge in [0.2, 0.25) is 5.91 Å². The first kappa shape index (κ1) is 21.3.